The smallest absolute Gasteiger partial charge is 0.0724 e. The van der Waals surface area contributed by atoms with Crippen LogP contribution in [0.1, 0.15) is 45.4 Å². The highest BCUT2D eigenvalue weighted by molar-refractivity contribution is 4.81. The van der Waals surface area contributed by atoms with Gasteiger partial charge in [-0.05, 0) is 39.2 Å². The second-order valence-corrected chi connectivity index (χ2v) is 4.61. The lowest BCUT2D eigenvalue weighted by Crippen LogP contribution is -2.43. The molecule has 0 bridgehead atoms. The van der Waals surface area contributed by atoms with Crippen LogP contribution >= 0.6 is 0 Å². The molecule has 0 spiro atoms. The van der Waals surface area contributed by atoms with Gasteiger partial charge in [-0.15, -0.1) is 0 Å². The average molecular weight is 215 g/mol. The summed E-state index contributed by atoms with van der Waals surface area (Å²) >= 11 is 0. The van der Waals surface area contributed by atoms with Gasteiger partial charge in [-0.3, -0.25) is 0 Å². The molecular formula is C12H25NO2. The number of hydrogen-bond acceptors (Lipinski definition) is 3. The van der Waals surface area contributed by atoms with Crippen molar-refractivity contribution >= 4 is 0 Å². The molecule has 0 aromatic rings. The summed E-state index contributed by atoms with van der Waals surface area (Å²) < 4.78 is 5.47. The van der Waals surface area contributed by atoms with Crippen LogP contribution in [0.3, 0.4) is 0 Å². The lowest BCUT2D eigenvalue weighted by Gasteiger charge is -2.31. The first kappa shape index (κ1) is 12.9. The monoisotopic (exact) mass is 215 g/mol. The lowest BCUT2D eigenvalue weighted by molar-refractivity contribution is 0.0415. The first-order valence-corrected chi connectivity index (χ1v) is 6.18. The first-order valence-electron chi connectivity index (χ1n) is 6.18. The Morgan fingerprint density at radius 1 is 1.40 bits per heavy atom. The SMILES string of the molecule is COC1CCCCC1NCCCC(C)O. The molecular weight excluding hydrogens is 190 g/mol. The molecule has 1 aliphatic carbocycles. The molecule has 0 aromatic carbocycles. The van der Waals surface area contributed by atoms with Gasteiger partial charge in [0, 0.05) is 13.2 Å². The van der Waals surface area contributed by atoms with Crippen LogP contribution in [0.4, 0.5) is 0 Å². The van der Waals surface area contributed by atoms with E-state index in [2.05, 4.69) is 5.32 Å². The van der Waals surface area contributed by atoms with Gasteiger partial charge >= 0.3 is 0 Å². The first-order chi connectivity index (χ1) is 7.24. The predicted octanol–water partition coefficient (Wildman–Crippen LogP) is 1.69. The van der Waals surface area contributed by atoms with Crippen molar-refractivity contribution in [3.8, 4) is 0 Å². The highest BCUT2D eigenvalue weighted by Gasteiger charge is 2.23. The number of hydrogen-bond donors (Lipinski definition) is 2. The standard InChI is InChI=1S/C12H25NO2/c1-10(14)6-5-9-13-11-7-3-4-8-12(11)15-2/h10-14H,3-9H2,1-2H3. The molecule has 0 amide bonds. The zero-order valence-electron chi connectivity index (χ0n) is 10.0. The molecule has 1 rings (SSSR count). The minimum Gasteiger partial charge on any atom is -0.393 e. The molecule has 1 aliphatic rings. The number of aliphatic hydroxyl groups excluding tert-OH is 1. The van der Waals surface area contributed by atoms with E-state index >= 15 is 0 Å². The molecule has 3 atom stereocenters. The van der Waals surface area contributed by atoms with Crippen LogP contribution in [-0.4, -0.2) is 37.0 Å². The molecule has 0 aromatic heterocycles. The molecule has 15 heavy (non-hydrogen) atoms. The van der Waals surface area contributed by atoms with Crippen molar-refractivity contribution in [3.63, 3.8) is 0 Å². The number of rotatable bonds is 6. The summed E-state index contributed by atoms with van der Waals surface area (Å²) in [6.07, 6.45) is 7.18. The Morgan fingerprint density at radius 2 is 2.13 bits per heavy atom. The van der Waals surface area contributed by atoms with Gasteiger partial charge in [-0.2, -0.15) is 0 Å². The normalized spacial score (nSPS) is 29.0. The van der Waals surface area contributed by atoms with Crippen molar-refractivity contribution in [2.45, 2.75) is 63.7 Å². The van der Waals surface area contributed by atoms with E-state index in [0.717, 1.165) is 19.4 Å². The average Bonchev–Trinajstić information content (AvgIpc) is 2.24. The molecule has 3 unspecified atom stereocenters. The largest absolute Gasteiger partial charge is 0.393 e. The van der Waals surface area contributed by atoms with E-state index in [0.29, 0.717) is 12.1 Å². The van der Waals surface area contributed by atoms with Gasteiger partial charge in [0.05, 0.1) is 12.2 Å². The lowest BCUT2D eigenvalue weighted by atomic mass is 9.92. The minimum absolute atomic E-state index is 0.170. The van der Waals surface area contributed by atoms with E-state index < -0.39 is 0 Å². The summed E-state index contributed by atoms with van der Waals surface area (Å²) in [5.74, 6) is 0. The van der Waals surface area contributed by atoms with Crippen LogP contribution in [0.15, 0.2) is 0 Å². The summed E-state index contributed by atoms with van der Waals surface area (Å²) in [6.45, 7) is 2.84. The number of aliphatic hydroxyl groups is 1. The Balaban J connectivity index is 2.12. The maximum absolute atomic E-state index is 9.14. The maximum Gasteiger partial charge on any atom is 0.0724 e. The summed E-state index contributed by atoms with van der Waals surface area (Å²) in [5, 5.41) is 12.7. The van der Waals surface area contributed by atoms with Crippen molar-refractivity contribution < 1.29 is 9.84 Å². The fourth-order valence-electron chi connectivity index (χ4n) is 2.30. The molecule has 1 fully saturated rings. The van der Waals surface area contributed by atoms with Crippen molar-refractivity contribution in [1.82, 2.24) is 5.32 Å². The van der Waals surface area contributed by atoms with Crippen molar-refractivity contribution in [1.29, 1.82) is 0 Å². The number of ether oxygens (including phenoxy) is 1. The number of methoxy groups -OCH3 is 1. The minimum atomic E-state index is -0.170. The summed E-state index contributed by atoms with van der Waals surface area (Å²) in [4.78, 5) is 0. The molecule has 2 N–H and O–H groups in total. The van der Waals surface area contributed by atoms with E-state index in [-0.39, 0.29) is 6.10 Å². The zero-order valence-corrected chi connectivity index (χ0v) is 10.0. The van der Waals surface area contributed by atoms with E-state index in [9.17, 15) is 0 Å². The molecule has 0 heterocycles. The molecule has 90 valence electrons. The quantitative estimate of drug-likeness (QED) is 0.663. The summed E-state index contributed by atoms with van der Waals surface area (Å²) in [5.41, 5.74) is 0. The van der Waals surface area contributed by atoms with Crippen molar-refractivity contribution in [3.05, 3.63) is 0 Å². The van der Waals surface area contributed by atoms with Gasteiger partial charge < -0.3 is 15.2 Å². The molecule has 3 nitrogen and oxygen atoms in total. The predicted molar refractivity (Wildman–Crippen MR) is 62.0 cm³/mol. The molecule has 0 aliphatic heterocycles. The highest BCUT2D eigenvalue weighted by Crippen LogP contribution is 2.20. The fourth-order valence-corrected chi connectivity index (χ4v) is 2.30. The highest BCUT2D eigenvalue weighted by atomic mass is 16.5. The third kappa shape index (κ3) is 4.96. The molecule has 3 heteroatoms. The van der Waals surface area contributed by atoms with Gasteiger partial charge in [0.25, 0.3) is 0 Å². The molecule has 1 saturated carbocycles. The third-order valence-corrected chi connectivity index (χ3v) is 3.21. The Kier molecular flexibility index (Phi) is 6.22. The third-order valence-electron chi connectivity index (χ3n) is 3.21. The maximum atomic E-state index is 9.14. The Morgan fingerprint density at radius 3 is 2.80 bits per heavy atom. The molecule has 0 saturated heterocycles. The van der Waals surface area contributed by atoms with Crippen LogP contribution in [0, 0.1) is 0 Å². The number of nitrogens with one attached hydrogen (secondary N) is 1. The van der Waals surface area contributed by atoms with Crippen LogP contribution in [0.25, 0.3) is 0 Å². The van der Waals surface area contributed by atoms with Crippen molar-refractivity contribution in [2.24, 2.45) is 0 Å². The van der Waals surface area contributed by atoms with Gasteiger partial charge in [-0.1, -0.05) is 12.8 Å². The van der Waals surface area contributed by atoms with Gasteiger partial charge in [0.2, 0.25) is 0 Å². The van der Waals surface area contributed by atoms with Gasteiger partial charge in [0.1, 0.15) is 0 Å². The van der Waals surface area contributed by atoms with E-state index in [1.807, 2.05) is 6.92 Å². The Labute approximate surface area is 93.2 Å². The van der Waals surface area contributed by atoms with Gasteiger partial charge in [0.15, 0.2) is 0 Å². The Bertz CT molecular complexity index is 162. The fraction of sp³-hybridized carbons (Fsp3) is 1.00. The van der Waals surface area contributed by atoms with Gasteiger partial charge in [-0.25, -0.2) is 0 Å². The Hall–Kier alpha value is -0.120. The van der Waals surface area contributed by atoms with Crippen LogP contribution in [-0.2, 0) is 4.74 Å². The van der Waals surface area contributed by atoms with Crippen LogP contribution in [0.2, 0.25) is 0 Å². The molecule has 0 radical (unpaired) electrons. The second kappa shape index (κ2) is 7.20. The zero-order chi connectivity index (χ0) is 11.1. The summed E-state index contributed by atoms with van der Waals surface area (Å²) in [6, 6.07) is 0.526. The van der Waals surface area contributed by atoms with E-state index in [1.54, 1.807) is 7.11 Å². The van der Waals surface area contributed by atoms with Crippen LogP contribution in [0.5, 0.6) is 0 Å². The van der Waals surface area contributed by atoms with Crippen LogP contribution < -0.4 is 5.32 Å². The second-order valence-electron chi connectivity index (χ2n) is 4.61. The van der Waals surface area contributed by atoms with E-state index in [1.165, 1.54) is 25.7 Å². The topological polar surface area (TPSA) is 41.5 Å². The summed E-state index contributed by atoms with van der Waals surface area (Å²) in [7, 11) is 1.81. The van der Waals surface area contributed by atoms with Crippen molar-refractivity contribution in [2.75, 3.05) is 13.7 Å². The van der Waals surface area contributed by atoms with E-state index in [4.69, 9.17) is 9.84 Å².